The predicted octanol–water partition coefficient (Wildman–Crippen LogP) is 7.43. The summed E-state index contributed by atoms with van der Waals surface area (Å²) in [4.78, 5) is 28.5. The second-order valence-corrected chi connectivity index (χ2v) is 11.3. The molecule has 6 nitrogen and oxygen atoms in total. The zero-order chi connectivity index (χ0) is 27.7. The number of hydrogen-bond acceptors (Lipinski definition) is 2. The molecule has 0 radical (unpaired) electrons. The van der Waals surface area contributed by atoms with Gasteiger partial charge in [-0.3, -0.25) is 0 Å². The molecule has 0 heterocycles. The number of rotatable bonds is 3. The second kappa shape index (κ2) is 13.9. The molecule has 0 saturated carbocycles. The molecule has 0 aliphatic heterocycles. The lowest BCUT2D eigenvalue weighted by Gasteiger charge is -2.32. The lowest BCUT2D eigenvalue weighted by atomic mass is 9.72. The van der Waals surface area contributed by atoms with E-state index in [0.717, 1.165) is 6.42 Å². The monoisotopic (exact) mass is 532 g/mol. The topological polar surface area (TPSA) is 115 Å². The van der Waals surface area contributed by atoms with E-state index >= 15 is 0 Å². The van der Waals surface area contributed by atoms with Gasteiger partial charge in [0.25, 0.3) is 0 Å². The fourth-order valence-electron chi connectivity index (χ4n) is 4.29. The molecule has 0 aromatic heterocycles. The van der Waals surface area contributed by atoms with Gasteiger partial charge < -0.3 is 0 Å². The van der Waals surface area contributed by atoms with Crippen LogP contribution in [0.25, 0.3) is 22.3 Å². The highest BCUT2D eigenvalue weighted by Gasteiger charge is 2.27. The van der Waals surface area contributed by atoms with Crippen LogP contribution in [0.4, 0.5) is 0 Å². The number of benzene rings is 3. The Kier molecular flexibility index (Phi) is 12.2. The van der Waals surface area contributed by atoms with Crippen molar-refractivity contribution in [2.45, 2.75) is 65.7 Å². The zero-order valence-corrected chi connectivity index (χ0v) is 23.8. The molecule has 0 bridgehead atoms. The van der Waals surface area contributed by atoms with Crippen molar-refractivity contribution in [1.29, 1.82) is 0 Å². The predicted molar refractivity (Wildman–Crippen MR) is 148 cm³/mol. The average molecular weight is 533 g/mol. The van der Waals surface area contributed by atoms with Crippen LogP contribution in [0, 0.1) is 0 Å². The zero-order valence-electron chi connectivity index (χ0n) is 22.1. The van der Waals surface area contributed by atoms with E-state index in [-0.39, 0.29) is 10.8 Å². The molecular weight excluding hydrogens is 494 g/mol. The fraction of sp³-hybridized carbons (Fsp3) is 0.357. The van der Waals surface area contributed by atoms with Crippen LogP contribution in [0.5, 0.6) is 0 Å². The summed E-state index contributed by atoms with van der Waals surface area (Å²) in [7, 11) is -5.74. The van der Waals surface area contributed by atoms with Crippen LogP contribution in [0.15, 0.2) is 66.7 Å². The van der Waals surface area contributed by atoms with Gasteiger partial charge in [0, 0.05) is 9.13 Å². The Morgan fingerprint density at radius 3 is 1.42 bits per heavy atom. The quantitative estimate of drug-likeness (QED) is 0.261. The van der Waals surface area contributed by atoms with Crippen molar-refractivity contribution in [3.8, 4) is 22.3 Å². The first-order valence-corrected chi connectivity index (χ1v) is 13.9. The van der Waals surface area contributed by atoms with Gasteiger partial charge in [0.05, 0.1) is 0 Å². The molecule has 194 valence electrons. The van der Waals surface area contributed by atoms with Crippen molar-refractivity contribution in [2.24, 2.45) is 0 Å². The van der Waals surface area contributed by atoms with E-state index in [1.165, 1.54) is 38.9 Å². The highest BCUT2D eigenvalue weighted by atomic mass is 31.1. The van der Waals surface area contributed by atoms with Crippen LogP contribution >= 0.6 is 16.5 Å². The van der Waals surface area contributed by atoms with Crippen molar-refractivity contribution in [3.05, 3.63) is 83.4 Å². The molecule has 0 amide bonds. The van der Waals surface area contributed by atoms with Gasteiger partial charge >= 0.3 is 16.5 Å². The fourth-order valence-corrected chi connectivity index (χ4v) is 4.29. The van der Waals surface area contributed by atoms with Gasteiger partial charge in [-0.15, -0.1) is 19.6 Å². The van der Waals surface area contributed by atoms with Gasteiger partial charge in [-0.1, -0.05) is 115 Å². The molecule has 0 spiro atoms. The van der Waals surface area contributed by atoms with E-state index in [2.05, 4.69) is 115 Å². The normalized spacial score (nSPS) is 11.0. The Balaban J connectivity index is 0.000000709. The van der Waals surface area contributed by atoms with Crippen LogP contribution < -0.4 is 0 Å². The molecule has 0 atom stereocenters. The molecule has 3 aromatic rings. The first-order chi connectivity index (χ1) is 16.6. The van der Waals surface area contributed by atoms with Crippen molar-refractivity contribution in [2.75, 3.05) is 0 Å². The van der Waals surface area contributed by atoms with Crippen LogP contribution in [0.3, 0.4) is 0 Å². The van der Waals surface area contributed by atoms with Crippen molar-refractivity contribution < 1.29 is 28.7 Å². The summed E-state index contributed by atoms with van der Waals surface area (Å²) in [6, 6.07) is 24.4. The molecule has 0 fully saturated rings. The molecule has 8 heteroatoms. The molecule has 4 N–H and O–H groups in total. The largest absolute Gasteiger partial charge is 0.692 e. The average Bonchev–Trinajstić information content (AvgIpc) is 2.77. The molecule has 0 aliphatic carbocycles. The van der Waals surface area contributed by atoms with E-state index in [1.54, 1.807) is 0 Å². The molecule has 0 aliphatic rings. The second-order valence-electron chi connectivity index (χ2n) is 10.3. The van der Waals surface area contributed by atoms with Crippen molar-refractivity contribution >= 4 is 16.5 Å². The Morgan fingerprint density at radius 1 is 0.611 bits per heavy atom. The van der Waals surface area contributed by atoms with Gasteiger partial charge in [-0.25, -0.2) is 0 Å². The maximum Gasteiger partial charge on any atom is 0.692 e. The van der Waals surface area contributed by atoms with E-state index < -0.39 is 16.5 Å². The Bertz CT molecular complexity index is 1130. The van der Waals surface area contributed by atoms with E-state index in [9.17, 15) is 0 Å². The summed E-state index contributed by atoms with van der Waals surface area (Å²) < 4.78 is 17.4. The first kappa shape index (κ1) is 31.7. The standard InChI is InChI=1S/C28H34.2HO3P/c1-8-23-25(27(2,3)4)19-18-24(26(23)28(5,6)7)22-16-14-21(15-17-22)20-12-10-9-11-13-20;2*1-4(2)3/h9-19H,8H2,1-7H3;2*(H-,1,2,3)/p+2. The highest BCUT2D eigenvalue weighted by Crippen LogP contribution is 2.41. The van der Waals surface area contributed by atoms with Crippen LogP contribution in [-0.4, -0.2) is 19.6 Å². The van der Waals surface area contributed by atoms with Gasteiger partial charge in [-0.05, 0) is 56.2 Å². The third-order valence-corrected chi connectivity index (χ3v) is 5.53. The van der Waals surface area contributed by atoms with Crippen LogP contribution in [-0.2, 0) is 26.4 Å². The maximum atomic E-state index is 8.70. The van der Waals surface area contributed by atoms with Gasteiger partial charge in [0.15, 0.2) is 0 Å². The van der Waals surface area contributed by atoms with Crippen molar-refractivity contribution in [1.82, 2.24) is 0 Å². The lowest BCUT2D eigenvalue weighted by Crippen LogP contribution is -2.22. The SMILES string of the molecule is CCc1c(C(C)(C)C)ccc(-c2ccc(-c3ccccc3)cc2)c1C(C)(C)C.O=[P+](O)O.O=[P+](O)O. The van der Waals surface area contributed by atoms with Gasteiger partial charge in [0.1, 0.15) is 0 Å². The molecule has 3 aromatic carbocycles. The van der Waals surface area contributed by atoms with Gasteiger partial charge in [0.2, 0.25) is 0 Å². The van der Waals surface area contributed by atoms with E-state index in [4.69, 9.17) is 28.7 Å². The minimum absolute atomic E-state index is 0.0973. The smallest absolute Gasteiger partial charge is 0.134 e. The van der Waals surface area contributed by atoms with Crippen LogP contribution in [0.1, 0.15) is 65.2 Å². The number of hydrogen-bond donors (Lipinski definition) is 4. The van der Waals surface area contributed by atoms with Gasteiger partial charge in [-0.2, -0.15) is 0 Å². The molecule has 3 rings (SSSR count). The molecular formula is C28H38O6P2+2. The molecule has 36 heavy (non-hydrogen) atoms. The summed E-state index contributed by atoms with van der Waals surface area (Å²) in [6.45, 7) is 16.3. The van der Waals surface area contributed by atoms with Crippen molar-refractivity contribution in [3.63, 3.8) is 0 Å². The van der Waals surface area contributed by atoms with E-state index in [0.29, 0.717) is 0 Å². The molecule has 0 unspecified atom stereocenters. The minimum atomic E-state index is -2.87. The first-order valence-electron chi connectivity index (χ1n) is 11.6. The Labute approximate surface area is 216 Å². The van der Waals surface area contributed by atoms with Crippen LogP contribution in [0.2, 0.25) is 0 Å². The summed E-state index contributed by atoms with van der Waals surface area (Å²) >= 11 is 0. The minimum Gasteiger partial charge on any atom is -0.134 e. The molecule has 0 saturated heterocycles. The summed E-state index contributed by atoms with van der Waals surface area (Å²) in [5.41, 5.74) is 9.95. The lowest BCUT2D eigenvalue weighted by molar-refractivity contribution is 0.403. The van der Waals surface area contributed by atoms with E-state index in [1.807, 2.05) is 0 Å². The summed E-state index contributed by atoms with van der Waals surface area (Å²) in [5.74, 6) is 0. The Morgan fingerprint density at radius 2 is 1.03 bits per heavy atom. The third-order valence-electron chi connectivity index (χ3n) is 5.53. The third kappa shape index (κ3) is 9.99. The summed E-state index contributed by atoms with van der Waals surface area (Å²) in [6.07, 6.45) is 1.06. The Hall–Kier alpha value is -2.30. The summed E-state index contributed by atoms with van der Waals surface area (Å²) in [5, 5.41) is 0. The highest BCUT2D eigenvalue weighted by molar-refractivity contribution is 7.31. The maximum absolute atomic E-state index is 8.70.